The van der Waals surface area contributed by atoms with Crippen LogP contribution in [0.4, 0.5) is 11.4 Å². The maximum absolute atomic E-state index is 6.06. The van der Waals surface area contributed by atoms with Crippen molar-refractivity contribution in [2.75, 3.05) is 23.7 Å². The topological polar surface area (TPSA) is 42.1 Å². The van der Waals surface area contributed by atoms with Crippen molar-refractivity contribution in [2.45, 2.75) is 26.2 Å². The molecule has 2 aromatic rings. The van der Waals surface area contributed by atoms with E-state index >= 15 is 0 Å². The molecule has 3 heteroatoms. The zero-order chi connectivity index (χ0) is 13.2. The molecule has 19 heavy (non-hydrogen) atoms. The first-order valence-corrected chi connectivity index (χ1v) is 7.16. The van der Waals surface area contributed by atoms with Crippen LogP contribution in [0.3, 0.4) is 0 Å². The van der Waals surface area contributed by atoms with Gasteiger partial charge in [0.05, 0.1) is 0 Å². The molecule has 1 aromatic carbocycles. The van der Waals surface area contributed by atoms with Gasteiger partial charge in [-0.05, 0) is 43.9 Å². The van der Waals surface area contributed by atoms with Crippen LogP contribution in [0, 0.1) is 5.92 Å². The molecule has 100 valence electrons. The third-order valence-electron chi connectivity index (χ3n) is 4.25. The van der Waals surface area contributed by atoms with E-state index in [4.69, 9.17) is 5.73 Å². The summed E-state index contributed by atoms with van der Waals surface area (Å²) in [4.78, 5) is 6.73. The molecular formula is C16H21N3. The molecule has 0 unspecified atom stereocenters. The quantitative estimate of drug-likeness (QED) is 0.851. The number of nitrogens with zero attached hydrogens (tertiary/aromatic N) is 2. The van der Waals surface area contributed by atoms with Gasteiger partial charge in [-0.3, -0.25) is 4.98 Å². The Kier molecular flexibility index (Phi) is 3.28. The summed E-state index contributed by atoms with van der Waals surface area (Å²) >= 11 is 0. The lowest BCUT2D eigenvalue weighted by Crippen LogP contribution is -2.32. The summed E-state index contributed by atoms with van der Waals surface area (Å²) in [7, 11) is 0. The Morgan fingerprint density at radius 2 is 2.11 bits per heavy atom. The third kappa shape index (κ3) is 2.25. The molecule has 1 aliphatic rings. The van der Waals surface area contributed by atoms with Crippen LogP contribution in [0.5, 0.6) is 0 Å². The Morgan fingerprint density at radius 1 is 1.26 bits per heavy atom. The summed E-state index contributed by atoms with van der Waals surface area (Å²) in [5, 5.41) is 2.28. The highest BCUT2D eigenvalue weighted by Crippen LogP contribution is 2.33. The number of fused-ring (bicyclic) bond motifs is 1. The zero-order valence-electron chi connectivity index (χ0n) is 11.5. The summed E-state index contributed by atoms with van der Waals surface area (Å²) in [5.74, 6) is 0.865. The number of rotatable bonds is 4. The summed E-state index contributed by atoms with van der Waals surface area (Å²) in [6.45, 7) is 4.41. The molecule has 0 spiro atoms. The van der Waals surface area contributed by atoms with Gasteiger partial charge in [0.15, 0.2) is 0 Å². The second-order valence-corrected chi connectivity index (χ2v) is 5.43. The number of nitrogen functional groups attached to an aromatic ring is 1. The molecule has 0 atom stereocenters. The molecule has 0 bridgehead atoms. The van der Waals surface area contributed by atoms with Crippen LogP contribution >= 0.6 is 0 Å². The predicted octanol–water partition coefficient (Wildman–Crippen LogP) is 3.44. The van der Waals surface area contributed by atoms with Crippen LogP contribution in [0.25, 0.3) is 10.8 Å². The summed E-state index contributed by atoms with van der Waals surface area (Å²) in [5.41, 5.74) is 8.16. The number of hydrogen-bond acceptors (Lipinski definition) is 3. The molecule has 1 aromatic heterocycles. The molecule has 3 nitrogen and oxygen atoms in total. The molecule has 1 heterocycles. The third-order valence-corrected chi connectivity index (χ3v) is 4.25. The highest BCUT2D eigenvalue weighted by molar-refractivity contribution is 6.00. The van der Waals surface area contributed by atoms with E-state index in [1.807, 2.05) is 24.5 Å². The maximum Gasteiger partial charge on any atom is 0.0463 e. The molecule has 1 aliphatic carbocycles. The molecule has 2 N–H and O–H groups in total. The van der Waals surface area contributed by atoms with E-state index in [2.05, 4.69) is 22.9 Å². The lowest BCUT2D eigenvalue weighted by molar-refractivity contribution is 0.319. The van der Waals surface area contributed by atoms with E-state index in [9.17, 15) is 0 Å². The van der Waals surface area contributed by atoms with Crippen LogP contribution in [0.15, 0.2) is 30.6 Å². The molecule has 3 rings (SSSR count). The van der Waals surface area contributed by atoms with Crippen molar-refractivity contribution in [1.29, 1.82) is 0 Å². The van der Waals surface area contributed by atoms with Crippen LogP contribution in [0.2, 0.25) is 0 Å². The van der Waals surface area contributed by atoms with Gasteiger partial charge in [-0.2, -0.15) is 0 Å². The minimum absolute atomic E-state index is 0.834. The predicted molar refractivity (Wildman–Crippen MR) is 81.4 cm³/mol. The fourth-order valence-corrected chi connectivity index (χ4v) is 2.86. The largest absolute Gasteiger partial charge is 0.398 e. The lowest BCUT2D eigenvalue weighted by atomic mass is 9.85. The van der Waals surface area contributed by atoms with Gasteiger partial charge in [0.2, 0.25) is 0 Å². The van der Waals surface area contributed by atoms with Gasteiger partial charge >= 0.3 is 0 Å². The summed E-state index contributed by atoms with van der Waals surface area (Å²) < 4.78 is 0. The van der Waals surface area contributed by atoms with Gasteiger partial charge in [0.25, 0.3) is 0 Å². The Balaban J connectivity index is 2.00. The molecular weight excluding hydrogens is 234 g/mol. The van der Waals surface area contributed by atoms with E-state index < -0.39 is 0 Å². The Labute approximate surface area is 114 Å². The van der Waals surface area contributed by atoms with E-state index in [0.29, 0.717) is 0 Å². The summed E-state index contributed by atoms with van der Waals surface area (Å²) in [6.07, 6.45) is 7.89. The number of nitrogens with two attached hydrogens (primary N) is 1. The minimum Gasteiger partial charge on any atom is -0.398 e. The Bertz CT molecular complexity index is 575. The Morgan fingerprint density at radius 3 is 2.79 bits per heavy atom. The van der Waals surface area contributed by atoms with Gasteiger partial charge in [-0.15, -0.1) is 0 Å². The van der Waals surface area contributed by atoms with Crippen molar-refractivity contribution in [2.24, 2.45) is 5.92 Å². The maximum atomic E-state index is 6.06. The number of aromatic nitrogens is 1. The first kappa shape index (κ1) is 12.3. The SMILES string of the molecule is CCN(CC1CCC1)c1ccc(N)c2ccncc12. The molecule has 0 amide bonds. The van der Waals surface area contributed by atoms with Crippen molar-refractivity contribution < 1.29 is 0 Å². The number of benzene rings is 1. The number of anilines is 2. The van der Waals surface area contributed by atoms with E-state index in [-0.39, 0.29) is 0 Å². The summed E-state index contributed by atoms with van der Waals surface area (Å²) in [6, 6.07) is 6.16. The molecule has 0 radical (unpaired) electrons. The van der Waals surface area contributed by atoms with Gasteiger partial charge in [0.1, 0.15) is 0 Å². The van der Waals surface area contributed by atoms with Crippen molar-refractivity contribution >= 4 is 22.1 Å². The highest BCUT2D eigenvalue weighted by Gasteiger charge is 2.21. The smallest absolute Gasteiger partial charge is 0.0463 e. The number of hydrogen-bond donors (Lipinski definition) is 1. The monoisotopic (exact) mass is 255 g/mol. The van der Waals surface area contributed by atoms with Gasteiger partial charge in [-0.25, -0.2) is 0 Å². The van der Waals surface area contributed by atoms with Crippen LogP contribution in [0.1, 0.15) is 26.2 Å². The Hall–Kier alpha value is -1.77. The normalized spacial score (nSPS) is 15.4. The van der Waals surface area contributed by atoms with Crippen LogP contribution in [-0.4, -0.2) is 18.1 Å². The molecule has 0 aliphatic heterocycles. The fraction of sp³-hybridized carbons (Fsp3) is 0.438. The van der Waals surface area contributed by atoms with Gasteiger partial charge in [0, 0.05) is 47.6 Å². The second-order valence-electron chi connectivity index (χ2n) is 5.43. The minimum atomic E-state index is 0.834. The van der Waals surface area contributed by atoms with E-state index in [1.54, 1.807) is 0 Å². The molecule has 0 saturated heterocycles. The fourth-order valence-electron chi connectivity index (χ4n) is 2.86. The standard InChI is InChI=1S/C16H21N3/c1-2-19(11-12-4-3-5-12)16-7-6-15(17)13-8-9-18-10-14(13)16/h6-10,12H,2-5,11,17H2,1H3. The number of pyridine rings is 1. The lowest BCUT2D eigenvalue weighted by Gasteiger charge is -2.33. The first-order chi connectivity index (χ1) is 9.29. The average Bonchev–Trinajstić information content (AvgIpc) is 2.40. The van der Waals surface area contributed by atoms with Crippen molar-refractivity contribution in [1.82, 2.24) is 4.98 Å². The van der Waals surface area contributed by atoms with E-state index in [1.165, 1.54) is 30.3 Å². The molecule has 1 fully saturated rings. The van der Waals surface area contributed by atoms with Gasteiger partial charge < -0.3 is 10.6 Å². The van der Waals surface area contributed by atoms with Crippen LogP contribution < -0.4 is 10.6 Å². The van der Waals surface area contributed by atoms with Gasteiger partial charge in [-0.1, -0.05) is 6.42 Å². The zero-order valence-corrected chi connectivity index (χ0v) is 11.5. The van der Waals surface area contributed by atoms with Crippen molar-refractivity contribution in [3.8, 4) is 0 Å². The van der Waals surface area contributed by atoms with Crippen molar-refractivity contribution in [3.63, 3.8) is 0 Å². The average molecular weight is 255 g/mol. The van der Waals surface area contributed by atoms with Crippen molar-refractivity contribution in [3.05, 3.63) is 30.6 Å². The van der Waals surface area contributed by atoms with Crippen LogP contribution in [-0.2, 0) is 0 Å². The highest BCUT2D eigenvalue weighted by atomic mass is 15.1. The second kappa shape index (κ2) is 5.08. The molecule has 1 saturated carbocycles. The first-order valence-electron chi connectivity index (χ1n) is 7.16. The van der Waals surface area contributed by atoms with E-state index in [0.717, 1.165) is 30.1 Å².